The second-order valence-electron chi connectivity index (χ2n) is 5.43. The van der Waals surface area contributed by atoms with E-state index < -0.39 is 0 Å². The normalized spacial score (nSPS) is 10.2. The lowest BCUT2D eigenvalue weighted by molar-refractivity contribution is 0.340. The minimum atomic E-state index is 0.0994. The maximum absolute atomic E-state index is 9.77. The molecule has 3 N–H and O–H groups in total. The number of nitrogens with two attached hydrogens (primary N) is 1. The number of nitrogens with one attached hydrogen (secondary N) is 1. The van der Waals surface area contributed by atoms with Gasteiger partial charge in [0.25, 0.3) is 0 Å². The van der Waals surface area contributed by atoms with Crippen molar-refractivity contribution in [3.63, 3.8) is 0 Å². The Labute approximate surface area is 160 Å². The van der Waals surface area contributed by atoms with Gasteiger partial charge in [0.1, 0.15) is 40.1 Å². The van der Waals surface area contributed by atoms with Crippen molar-refractivity contribution in [2.24, 2.45) is 0 Å². The van der Waals surface area contributed by atoms with Gasteiger partial charge in [-0.1, -0.05) is 23.9 Å². The molecular weight excluding hydrogens is 360 g/mol. The number of thioether (sulfide) groups is 1. The fourth-order valence-corrected chi connectivity index (χ4v) is 3.48. The van der Waals surface area contributed by atoms with Crippen LogP contribution < -0.4 is 10.5 Å². The Bertz CT molecular complexity index is 1020. The molecule has 0 aliphatic carbocycles. The van der Waals surface area contributed by atoms with Gasteiger partial charge in [-0.25, -0.2) is 9.97 Å². The molecule has 0 amide bonds. The van der Waals surface area contributed by atoms with Gasteiger partial charge < -0.3 is 15.5 Å². The Kier molecular flexibility index (Phi) is 5.60. The summed E-state index contributed by atoms with van der Waals surface area (Å²) in [7, 11) is 0. The standard InChI is InChI=1S/C19H16N6OS/c1-2-26-13-5-3-12(4-6-13)17-14(9-20)18(22)25-19(15(17)10-21)27-11-16-23-7-8-24-16/h3-8H,2,11H2,1H3,(H2,22,25)(H,23,24). The quantitative estimate of drug-likeness (QED) is 0.631. The summed E-state index contributed by atoms with van der Waals surface area (Å²) in [4.78, 5) is 11.4. The smallest absolute Gasteiger partial charge is 0.143 e. The molecule has 0 atom stereocenters. The monoisotopic (exact) mass is 376 g/mol. The number of aromatic amines is 1. The third kappa shape index (κ3) is 3.86. The number of nitrogen functional groups attached to an aromatic ring is 1. The predicted octanol–water partition coefficient (Wildman–Crippen LogP) is 3.49. The molecule has 2 heterocycles. The first kappa shape index (κ1) is 18.3. The Balaban J connectivity index is 2.07. The van der Waals surface area contributed by atoms with Crippen molar-refractivity contribution in [1.29, 1.82) is 10.5 Å². The largest absolute Gasteiger partial charge is 0.494 e. The maximum atomic E-state index is 9.77. The van der Waals surface area contributed by atoms with E-state index in [0.29, 0.717) is 39.8 Å². The molecule has 0 radical (unpaired) electrons. The van der Waals surface area contributed by atoms with Gasteiger partial charge in [0.2, 0.25) is 0 Å². The highest BCUT2D eigenvalue weighted by molar-refractivity contribution is 7.98. The van der Waals surface area contributed by atoms with Crippen LogP contribution in [0.15, 0.2) is 41.7 Å². The number of H-pyrrole nitrogens is 1. The predicted molar refractivity (Wildman–Crippen MR) is 103 cm³/mol. The summed E-state index contributed by atoms with van der Waals surface area (Å²) < 4.78 is 5.46. The highest BCUT2D eigenvalue weighted by Crippen LogP contribution is 2.36. The first-order valence-corrected chi connectivity index (χ1v) is 9.14. The van der Waals surface area contributed by atoms with E-state index in [1.165, 1.54) is 11.8 Å². The molecule has 3 aromatic rings. The van der Waals surface area contributed by atoms with Gasteiger partial charge in [-0.2, -0.15) is 10.5 Å². The van der Waals surface area contributed by atoms with Gasteiger partial charge in [-0.3, -0.25) is 0 Å². The lowest BCUT2D eigenvalue weighted by Gasteiger charge is -2.13. The van der Waals surface area contributed by atoms with Crippen LogP contribution in [0.2, 0.25) is 0 Å². The van der Waals surface area contributed by atoms with Crippen molar-refractivity contribution >= 4 is 17.6 Å². The zero-order valence-corrected chi connectivity index (χ0v) is 15.4. The molecule has 0 bridgehead atoms. The summed E-state index contributed by atoms with van der Waals surface area (Å²) in [6, 6.07) is 11.5. The zero-order chi connectivity index (χ0) is 19.2. The highest BCUT2D eigenvalue weighted by atomic mass is 32.2. The number of benzene rings is 1. The molecule has 0 saturated heterocycles. The van der Waals surface area contributed by atoms with Crippen LogP contribution >= 0.6 is 11.8 Å². The van der Waals surface area contributed by atoms with Gasteiger partial charge >= 0.3 is 0 Å². The molecule has 1 aromatic carbocycles. The van der Waals surface area contributed by atoms with Gasteiger partial charge in [0, 0.05) is 18.0 Å². The number of rotatable bonds is 6. The minimum Gasteiger partial charge on any atom is -0.494 e. The Morgan fingerprint density at radius 3 is 2.52 bits per heavy atom. The number of anilines is 1. The molecule has 0 spiro atoms. The van der Waals surface area contributed by atoms with Crippen molar-refractivity contribution < 1.29 is 4.74 Å². The van der Waals surface area contributed by atoms with E-state index in [1.807, 2.05) is 19.1 Å². The first-order chi connectivity index (χ1) is 13.2. The van der Waals surface area contributed by atoms with Crippen molar-refractivity contribution in [2.75, 3.05) is 12.3 Å². The lowest BCUT2D eigenvalue weighted by Crippen LogP contribution is -2.03. The first-order valence-electron chi connectivity index (χ1n) is 8.15. The Morgan fingerprint density at radius 2 is 1.93 bits per heavy atom. The number of nitriles is 2. The summed E-state index contributed by atoms with van der Waals surface area (Å²) in [6.45, 7) is 2.46. The van der Waals surface area contributed by atoms with E-state index in [-0.39, 0.29) is 11.4 Å². The molecule has 2 aromatic heterocycles. The summed E-state index contributed by atoms with van der Waals surface area (Å²) in [5, 5.41) is 19.8. The van der Waals surface area contributed by atoms with E-state index in [4.69, 9.17) is 10.5 Å². The summed E-state index contributed by atoms with van der Waals surface area (Å²) in [5.41, 5.74) is 7.72. The van der Waals surface area contributed by atoms with Crippen LogP contribution in [0.5, 0.6) is 5.75 Å². The molecule has 0 aliphatic rings. The molecule has 0 fully saturated rings. The van der Waals surface area contributed by atoms with Crippen molar-refractivity contribution in [3.05, 3.63) is 53.6 Å². The SMILES string of the molecule is CCOc1ccc(-c2c(C#N)c(N)nc(SCc3ncc[nH]3)c2C#N)cc1. The van der Waals surface area contributed by atoms with Crippen molar-refractivity contribution in [2.45, 2.75) is 17.7 Å². The molecule has 0 unspecified atom stereocenters. The van der Waals surface area contributed by atoms with Crippen LogP contribution in [0, 0.1) is 22.7 Å². The van der Waals surface area contributed by atoms with Gasteiger partial charge in [0.05, 0.1) is 17.9 Å². The summed E-state index contributed by atoms with van der Waals surface area (Å²) in [6.07, 6.45) is 3.39. The summed E-state index contributed by atoms with van der Waals surface area (Å²) in [5.74, 6) is 2.08. The van der Waals surface area contributed by atoms with E-state index >= 15 is 0 Å². The number of ether oxygens (including phenoxy) is 1. The van der Waals surface area contributed by atoms with Crippen molar-refractivity contribution in [1.82, 2.24) is 15.0 Å². The number of pyridine rings is 1. The third-order valence-electron chi connectivity index (χ3n) is 3.77. The fraction of sp³-hybridized carbons (Fsp3) is 0.158. The lowest BCUT2D eigenvalue weighted by atomic mass is 9.97. The average Bonchev–Trinajstić information content (AvgIpc) is 3.20. The number of aromatic nitrogens is 3. The number of hydrogen-bond donors (Lipinski definition) is 2. The number of imidazole rings is 1. The van der Waals surface area contributed by atoms with Crippen LogP contribution in [0.1, 0.15) is 23.9 Å². The fourth-order valence-electron chi connectivity index (χ4n) is 2.59. The topological polar surface area (TPSA) is 124 Å². The highest BCUT2D eigenvalue weighted by Gasteiger charge is 2.20. The van der Waals surface area contributed by atoms with Crippen LogP contribution in [-0.4, -0.2) is 21.6 Å². The molecule has 8 heteroatoms. The van der Waals surface area contributed by atoms with Gasteiger partial charge in [-0.05, 0) is 24.6 Å². The van der Waals surface area contributed by atoms with E-state index in [2.05, 4.69) is 27.1 Å². The number of nitrogens with zero attached hydrogens (tertiary/aromatic N) is 4. The third-order valence-corrected chi connectivity index (χ3v) is 4.76. The molecular formula is C19H16N6OS. The average molecular weight is 376 g/mol. The maximum Gasteiger partial charge on any atom is 0.143 e. The van der Waals surface area contributed by atoms with Crippen LogP contribution in [0.4, 0.5) is 5.82 Å². The minimum absolute atomic E-state index is 0.0994. The summed E-state index contributed by atoms with van der Waals surface area (Å²) >= 11 is 1.34. The molecule has 7 nitrogen and oxygen atoms in total. The van der Waals surface area contributed by atoms with Gasteiger partial charge in [-0.15, -0.1) is 0 Å². The van der Waals surface area contributed by atoms with E-state index in [1.54, 1.807) is 24.5 Å². The molecule has 3 rings (SSSR count). The van der Waals surface area contributed by atoms with Crippen LogP contribution in [-0.2, 0) is 5.75 Å². The molecule has 27 heavy (non-hydrogen) atoms. The number of hydrogen-bond acceptors (Lipinski definition) is 7. The molecule has 134 valence electrons. The van der Waals surface area contributed by atoms with Gasteiger partial charge in [0.15, 0.2) is 0 Å². The van der Waals surface area contributed by atoms with E-state index in [9.17, 15) is 10.5 Å². The molecule has 0 saturated carbocycles. The van der Waals surface area contributed by atoms with Crippen molar-refractivity contribution in [3.8, 4) is 29.0 Å². The zero-order valence-electron chi connectivity index (χ0n) is 14.6. The molecule has 0 aliphatic heterocycles. The van der Waals surface area contributed by atoms with E-state index in [0.717, 1.165) is 5.82 Å². The Morgan fingerprint density at radius 1 is 1.19 bits per heavy atom. The second-order valence-corrected chi connectivity index (χ2v) is 6.40. The Hall–Kier alpha value is -3.49. The van der Waals surface area contributed by atoms with Crippen LogP contribution in [0.25, 0.3) is 11.1 Å². The second kappa shape index (κ2) is 8.26. The van der Waals surface area contributed by atoms with Crippen LogP contribution in [0.3, 0.4) is 0 Å².